The minimum atomic E-state index is -4.33. The Kier molecular flexibility index (Phi) is 6.50. The molecular weight excluding hydrogens is 341 g/mol. The van der Waals surface area contributed by atoms with Crippen molar-refractivity contribution in [1.29, 1.82) is 0 Å². The fourth-order valence-corrected chi connectivity index (χ4v) is 3.79. The molecule has 2 atom stereocenters. The molecule has 136 valence electrons. The van der Waals surface area contributed by atoms with Crippen LogP contribution < -0.4 is 21.9 Å². The third kappa shape index (κ3) is 4.85. The van der Waals surface area contributed by atoms with Crippen LogP contribution in [0.4, 0.5) is 13.2 Å². The lowest BCUT2D eigenvalue weighted by atomic mass is 10.0. The number of alkyl halides is 3. The molecular formula is C15H23F3N4OS. The largest absolute Gasteiger partial charge is 0.425 e. The highest BCUT2D eigenvalue weighted by molar-refractivity contribution is 7.12. The Morgan fingerprint density at radius 3 is 2.88 bits per heavy atom. The number of nitrogens with one attached hydrogen (secondary N) is 3. The number of halogens is 3. The quantitative estimate of drug-likeness (QED) is 0.486. The Morgan fingerprint density at radius 2 is 2.25 bits per heavy atom. The monoisotopic (exact) mass is 364 g/mol. The number of fused-ring (bicyclic) bond motifs is 1. The molecule has 0 saturated carbocycles. The summed E-state index contributed by atoms with van der Waals surface area (Å²) in [4.78, 5) is 0.133. The van der Waals surface area contributed by atoms with E-state index < -0.39 is 11.1 Å². The Hall–Kier alpha value is -1.29. The highest BCUT2D eigenvalue weighted by Crippen LogP contribution is 2.37. The first kappa shape index (κ1) is 19.0. The fraction of sp³-hybridized carbons (Fsp3) is 0.600. The van der Waals surface area contributed by atoms with Crippen LogP contribution in [0, 0.1) is 0 Å². The van der Waals surface area contributed by atoms with Crippen LogP contribution >= 0.6 is 11.3 Å². The summed E-state index contributed by atoms with van der Waals surface area (Å²) in [6.45, 7) is 2.87. The van der Waals surface area contributed by atoms with E-state index in [0.717, 1.165) is 11.3 Å². The van der Waals surface area contributed by atoms with Crippen molar-refractivity contribution in [3.05, 3.63) is 33.3 Å². The maximum Gasteiger partial charge on any atom is 0.425 e. The molecule has 0 radical (unpaired) electrons. The first-order valence-electron chi connectivity index (χ1n) is 7.71. The second kappa shape index (κ2) is 8.19. The van der Waals surface area contributed by atoms with Gasteiger partial charge >= 0.3 is 6.18 Å². The Balaban J connectivity index is 2.36. The van der Waals surface area contributed by atoms with Crippen molar-refractivity contribution < 1.29 is 17.9 Å². The first-order valence-corrected chi connectivity index (χ1v) is 8.53. The third-order valence-corrected chi connectivity index (χ3v) is 5.02. The van der Waals surface area contributed by atoms with Gasteiger partial charge in [0.25, 0.3) is 0 Å². The van der Waals surface area contributed by atoms with Gasteiger partial charge in [-0.3, -0.25) is 5.84 Å². The van der Waals surface area contributed by atoms with Gasteiger partial charge in [-0.2, -0.15) is 13.2 Å². The maximum atomic E-state index is 13.1. The molecule has 5 N–H and O–H groups in total. The molecule has 24 heavy (non-hydrogen) atoms. The zero-order valence-corrected chi connectivity index (χ0v) is 14.5. The van der Waals surface area contributed by atoms with Crippen molar-refractivity contribution in [2.24, 2.45) is 5.84 Å². The molecule has 0 aliphatic carbocycles. The molecule has 0 bridgehead atoms. The molecule has 1 aliphatic heterocycles. The topological polar surface area (TPSA) is 71.3 Å². The second-order valence-electron chi connectivity index (χ2n) is 5.74. The van der Waals surface area contributed by atoms with Crippen LogP contribution in [0.5, 0.6) is 0 Å². The predicted molar refractivity (Wildman–Crippen MR) is 88.4 cm³/mol. The van der Waals surface area contributed by atoms with Crippen molar-refractivity contribution in [2.45, 2.75) is 38.0 Å². The number of nitrogens with two attached hydrogens (primary N) is 1. The average molecular weight is 364 g/mol. The molecule has 0 unspecified atom stereocenters. The smallest absolute Gasteiger partial charge is 0.392 e. The van der Waals surface area contributed by atoms with E-state index in [-0.39, 0.29) is 12.1 Å². The van der Waals surface area contributed by atoms with Gasteiger partial charge in [-0.15, -0.1) is 11.3 Å². The number of thiophene rings is 1. The maximum absolute atomic E-state index is 13.1. The van der Waals surface area contributed by atoms with Gasteiger partial charge in [0.1, 0.15) is 4.88 Å². The van der Waals surface area contributed by atoms with Crippen molar-refractivity contribution in [3.8, 4) is 0 Å². The van der Waals surface area contributed by atoms with E-state index in [9.17, 15) is 13.2 Å². The van der Waals surface area contributed by atoms with E-state index in [1.54, 1.807) is 13.2 Å². The number of ether oxygens (including phenoxy) is 1. The van der Waals surface area contributed by atoms with Gasteiger partial charge in [0, 0.05) is 30.6 Å². The molecule has 5 nitrogen and oxygen atoms in total. The molecule has 0 saturated heterocycles. The Morgan fingerprint density at radius 1 is 1.50 bits per heavy atom. The molecule has 2 rings (SSSR count). The zero-order valence-electron chi connectivity index (χ0n) is 13.7. The molecule has 0 fully saturated rings. The lowest BCUT2D eigenvalue weighted by Gasteiger charge is -2.26. The van der Waals surface area contributed by atoms with Gasteiger partial charge in [-0.05, 0) is 25.0 Å². The fourth-order valence-electron chi connectivity index (χ4n) is 2.67. The Bertz CT molecular complexity index is 574. The summed E-state index contributed by atoms with van der Waals surface area (Å²) in [7, 11) is 1.74. The van der Waals surface area contributed by atoms with Gasteiger partial charge in [-0.1, -0.05) is 0 Å². The van der Waals surface area contributed by atoms with E-state index >= 15 is 0 Å². The zero-order chi connectivity index (χ0) is 17.7. The molecule has 1 aliphatic rings. The third-order valence-electron chi connectivity index (χ3n) is 3.78. The number of hydrogen-bond donors (Lipinski definition) is 4. The molecule has 1 aromatic heterocycles. The van der Waals surface area contributed by atoms with Gasteiger partial charge in [0.05, 0.1) is 25.0 Å². The summed E-state index contributed by atoms with van der Waals surface area (Å²) in [6.07, 6.45) is -1.72. The number of hydrazine groups is 1. The van der Waals surface area contributed by atoms with Crippen LogP contribution in [0.25, 0.3) is 0 Å². The summed E-state index contributed by atoms with van der Waals surface area (Å²) < 4.78 is 44.7. The minimum Gasteiger partial charge on any atom is -0.392 e. The van der Waals surface area contributed by atoms with Crippen molar-refractivity contribution >= 4 is 11.3 Å². The molecule has 2 heterocycles. The van der Waals surface area contributed by atoms with E-state index in [4.69, 9.17) is 10.6 Å². The van der Waals surface area contributed by atoms with Crippen molar-refractivity contribution in [1.82, 2.24) is 16.1 Å². The van der Waals surface area contributed by atoms with Crippen LogP contribution in [-0.4, -0.2) is 32.3 Å². The second-order valence-corrected chi connectivity index (χ2v) is 6.88. The summed E-state index contributed by atoms with van der Waals surface area (Å²) in [6, 6.07) is 1.05. The van der Waals surface area contributed by atoms with E-state index in [1.165, 1.54) is 6.07 Å². The van der Waals surface area contributed by atoms with Crippen LogP contribution in [0.2, 0.25) is 0 Å². The molecule has 0 spiro atoms. The van der Waals surface area contributed by atoms with Crippen LogP contribution in [0.3, 0.4) is 0 Å². The van der Waals surface area contributed by atoms with E-state index in [1.807, 2.05) is 6.92 Å². The summed E-state index contributed by atoms with van der Waals surface area (Å²) in [5, 5.41) is 6.26. The lowest BCUT2D eigenvalue weighted by Crippen LogP contribution is -2.46. The van der Waals surface area contributed by atoms with Crippen LogP contribution in [0.15, 0.2) is 18.0 Å². The molecule has 9 heteroatoms. The highest BCUT2D eigenvalue weighted by Gasteiger charge is 2.34. The van der Waals surface area contributed by atoms with Gasteiger partial charge in [-0.25, -0.2) is 0 Å². The van der Waals surface area contributed by atoms with E-state index in [0.29, 0.717) is 42.2 Å². The van der Waals surface area contributed by atoms with Crippen molar-refractivity contribution in [2.75, 3.05) is 20.3 Å². The SMILES string of the molecule is CN/C=C(\NN)[C@@H]1Cc2sc(C(F)(F)F)cc2CCOC[C@H](C)N1. The first-order chi connectivity index (χ1) is 11.3. The van der Waals surface area contributed by atoms with Gasteiger partial charge in [0.2, 0.25) is 0 Å². The molecule has 0 aromatic carbocycles. The van der Waals surface area contributed by atoms with Gasteiger partial charge < -0.3 is 20.8 Å². The summed E-state index contributed by atoms with van der Waals surface area (Å²) >= 11 is 0.795. The number of hydrogen-bond acceptors (Lipinski definition) is 6. The summed E-state index contributed by atoms with van der Waals surface area (Å²) in [5.74, 6) is 5.58. The average Bonchev–Trinajstić information content (AvgIpc) is 2.92. The standard InChI is InChI=1S/C15H23F3N4OS/c1-9-8-23-4-3-10-5-14(15(16,17)18)24-13(10)6-11(21-9)12(22-19)7-20-2/h5,7,9,11,20-22H,3-4,6,8,19H2,1-2H3/b12-7-/t9-,11-/m0/s1. The Labute approximate surface area is 143 Å². The predicted octanol–water partition coefficient (Wildman–Crippen LogP) is 1.75. The minimum absolute atomic E-state index is 0.0483. The van der Waals surface area contributed by atoms with Gasteiger partial charge in [0.15, 0.2) is 0 Å². The normalized spacial score (nSPS) is 23.5. The number of rotatable bonds is 3. The lowest BCUT2D eigenvalue weighted by molar-refractivity contribution is -0.134. The summed E-state index contributed by atoms with van der Waals surface area (Å²) in [5.41, 5.74) is 3.99. The highest BCUT2D eigenvalue weighted by atomic mass is 32.1. The van der Waals surface area contributed by atoms with Crippen LogP contribution in [0.1, 0.15) is 22.2 Å². The molecule has 0 amide bonds. The molecule has 1 aromatic rings. The van der Waals surface area contributed by atoms with Crippen molar-refractivity contribution in [3.63, 3.8) is 0 Å². The van der Waals surface area contributed by atoms with Crippen LogP contribution in [-0.2, 0) is 23.8 Å². The van der Waals surface area contributed by atoms with E-state index in [2.05, 4.69) is 16.1 Å².